The van der Waals surface area contributed by atoms with Gasteiger partial charge in [-0.25, -0.2) is 0 Å². The first-order chi connectivity index (χ1) is 31.2. The average molecular weight is 2150 g/mol. The molecule has 4 bridgehead atoms. The van der Waals surface area contributed by atoms with E-state index in [0.717, 1.165) is 158 Å². The van der Waals surface area contributed by atoms with Crippen molar-refractivity contribution >= 4 is 181 Å². The first kappa shape index (κ1) is 83.9. The number of fused-ring (bicyclic) bond motifs is 42. The maximum atomic E-state index is 5.73. The number of halogens is 10. The molecular formula is C40H76I10K2N4O12+4. The third-order valence-corrected chi connectivity index (χ3v) is 22.3. The molecule has 0 spiro atoms. The van der Waals surface area contributed by atoms with Crippen LogP contribution in [0.5, 0.6) is 0 Å². The summed E-state index contributed by atoms with van der Waals surface area (Å²) < 4.78 is 74.1. The van der Waals surface area contributed by atoms with Crippen LogP contribution >= 0.6 is 181 Å². The SMILES string of the molecule is C1COCC[NH+]2CCOCCOCC[NH+](CCO1)CCOCCOCC2.C1COCC[NH+]2CCOCCOCC[NH+](CCO1)CCOCCOCC2.IC(I)=C(I)I.IC(I)=C(I)I.[I-].[I-].[K+].[K+]. The number of ether oxygens (including phenoxy) is 12. The first-order valence-electron chi connectivity index (χ1n) is 22.2. The van der Waals surface area contributed by atoms with Crippen molar-refractivity contribution in [2.24, 2.45) is 0 Å². The summed E-state index contributed by atoms with van der Waals surface area (Å²) in [6.45, 7) is 28.2. The maximum Gasteiger partial charge on any atom is 1.00 e. The monoisotopic (exact) mass is 2150 g/mol. The molecule has 0 atom stereocenters. The fraction of sp³-hybridized carbons (Fsp3) is 0.900. The normalized spacial score (nSPS) is 24.7. The number of nitrogens with one attached hydrogen (secondary N) is 4. The predicted octanol–water partition coefficient (Wildman–Crippen LogP) is -10.5. The molecule has 6 heterocycles. The minimum absolute atomic E-state index is 0. The third kappa shape index (κ3) is 60.0. The molecule has 396 valence electrons. The average Bonchev–Trinajstić information content (AvgIpc) is 3.27. The van der Waals surface area contributed by atoms with Gasteiger partial charge in [-0.3, -0.25) is 0 Å². The van der Waals surface area contributed by atoms with Gasteiger partial charge in [-0.05, 0) is 181 Å². The molecule has 0 saturated carbocycles. The molecule has 68 heavy (non-hydrogen) atoms. The standard InChI is InChI=1S/2C18H36N2O6.2C2I4.2HI.2K/c2*1-7-21-13-14-24-10-4-20-5-11-25-17-15-22-8-2-19(1)3-9-23-16-18-26-12-6-20;2*3-1(4)2(5)6;;;;/h2*1-18H2;;;2*1H;;/q;;;;;;2*+1/p+2. The third-order valence-electron chi connectivity index (χ3n) is 9.72. The van der Waals surface area contributed by atoms with E-state index in [4.69, 9.17) is 56.8 Å². The minimum atomic E-state index is 0. The van der Waals surface area contributed by atoms with Crippen molar-refractivity contribution in [2.75, 3.05) is 237 Å². The van der Waals surface area contributed by atoms with Gasteiger partial charge < -0.3 is 124 Å². The van der Waals surface area contributed by atoms with Crippen molar-refractivity contribution in [1.29, 1.82) is 0 Å². The van der Waals surface area contributed by atoms with Crippen LogP contribution < -0.4 is 170 Å². The molecule has 0 aromatic rings. The van der Waals surface area contributed by atoms with Gasteiger partial charge >= 0.3 is 103 Å². The van der Waals surface area contributed by atoms with E-state index in [1.807, 2.05) is 0 Å². The summed E-state index contributed by atoms with van der Waals surface area (Å²) >= 11 is 18.3. The molecule has 0 aliphatic carbocycles. The van der Waals surface area contributed by atoms with E-state index in [1.165, 1.54) is 25.9 Å². The fourth-order valence-corrected chi connectivity index (χ4v) is 6.03. The van der Waals surface area contributed by atoms with Gasteiger partial charge in [0.15, 0.2) is 0 Å². The minimum Gasteiger partial charge on any atom is -1.00 e. The topological polar surface area (TPSA) is 129 Å². The second kappa shape index (κ2) is 65.6. The zero-order chi connectivity index (χ0) is 46.6. The molecule has 6 rings (SSSR count). The van der Waals surface area contributed by atoms with Crippen LogP contribution in [0.2, 0.25) is 0 Å². The molecule has 0 amide bonds. The van der Waals surface area contributed by atoms with Crippen LogP contribution in [0, 0.1) is 0 Å². The molecule has 0 aromatic heterocycles. The van der Waals surface area contributed by atoms with Crippen molar-refractivity contribution in [3.63, 3.8) is 0 Å². The van der Waals surface area contributed by atoms with Gasteiger partial charge in [0.1, 0.15) is 78.5 Å². The Kier molecular flexibility index (Phi) is 80.9. The predicted molar refractivity (Wildman–Crippen MR) is 318 cm³/mol. The molecule has 28 heteroatoms. The molecule has 0 unspecified atom stereocenters. The van der Waals surface area contributed by atoms with Gasteiger partial charge in [-0.1, -0.05) is 0 Å². The van der Waals surface area contributed by atoms with E-state index < -0.39 is 0 Å². The Balaban J connectivity index is -0.000000463. The van der Waals surface area contributed by atoms with Gasteiger partial charge in [0, 0.05) is 0 Å². The van der Waals surface area contributed by atoms with E-state index in [2.05, 4.69) is 181 Å². The molecule has 6 fully saturated rings. The Morgan fingerprint density at radius 1 is 0.191 bits per heavy atom. The number of quaternary nitrogens is 4. The maximum absolute atomic E-state index is 5.73. The molecule has 16 nitrogen and oxygen atoms in total. The van der Waals surface area contributed by atoms with Crippen LogP contribution in [0.4, 0.5) is 0 Å². The first-order valence-corrected chi connectivity index (χ1v) is 30.8. The summed E-state index contributed by atoms with van der Waals surface area (Å²) in [6.07, 6.45) is 0. The summed E-state index contributed by atoms with van der Waals surface area (Å²) in [5.41, 5.74) is 0. The molecule has 0 aromatic carbocycles. The number of hydrogen-bond acceptors (Lipinski definition) is 12. The van der Waals surface area contributed by atoms with Crippen molar-refractivity contribution in [3.05, 3.63) is 6.35 Å². The Morgan fingerprint density at radius 3 is 0.353 bits per heavy atom. The van der Waals surface area contributed by atoms with E-state index in [0.29, 0.717) is 79.3 Å². The Labute approximate surface area is 637 Å². The van der Waals surface area contributed by atoms with Crippen LogP contribution in [0.3, 0.4) is 0 Å². The largest absolute Gasteiger partial charge is 1.00 e. The van der Waals surface area contributed by atoms with Crippen LogP contribution in [0.15, 0.2) is 6.35 Å². The zero-order valence-electron chi connectivity index (χ0n) is 40.1. The summed E-state index contributed by atoms with van der Waals surface area (Å²) in [5.74, 6) is 0. The van der Waals surface area contributed by atoms with Crippen molar-refractivity contribution in [3.8, 4) is 0 Å². The quantitative estimate of drug-likeness (QED) is 0.136. The summed E-state index contributed by atoms with van der Waals surface area (Å²) in [6, 6.07) is 0. The van der Waals surface area contributed by atoms with Crippen molar-refractivity contribution in [1.82, 2.24) is 0 Å². The van der Waals surface area contributed by atoms with E-state index in [1.54, 1.807) is 0 Å². The molecule has 6 saturated heterocycles. The van der Waals surface area contributed by atoms with Crippen molar-refractivity contribution < 1.29 is 227 Å². The van der Waals surface area contributed by atoms with Gasteiger partial charge in [-0.2, -0.15) is 0 Å². The second-order valence-corrected chi connectivity index (χ2v) is 31.3. The molecule has 6 aliphatic rings. The van der Waals surface area contributed by atoms with Crippen LogP contribution in [0.1, 0.15) is 0 Å². The van der Waals surface area contributed by atoms with Crippen LogP contribution in [-0.4, -0.2) is 237 Å². The molecule has 6 aliphatic heterocycles. The van der Waals surface area contributed by atoms with E-state index in [9.17, 15) is 0 Å². The van der Waals surface area contributed by atoms with Gasteiger partial charge in [-0.15, -0.1) is 0 Å². The smallest absolute Gasteiger partial charge is 1.00 e. The Hall–Kier alpha value is 9.41. The molecule has 4 N–H and O–H groups in total. The summed E-state index contributed by atoms with van der Waals surface area (Å²) in [5, 5.41) is 0. The van der Waals surface area contributed by atoms with Crippen LogP contribution in [0.25, 0.3) is 0 Å². The summed E-state index contributed by atoms with van der Waals surface area (Å²) in [7, 11) is 0. The summed E-state index contributed by atoms with van der Waals surface area (Å²) in [4.78, 5) is 5.76. The van der Waals surface area contributed by atoms with E-state index in [-0.39, 0.29) is 151 Å². The Bertz CT molecular complexity index is 868. The van der Waals surface area contributed by atoms with E-state index >= 15 is 0 Å². The zero-order valence-corrected chi connectivity index (χ0v) is 68.0. The van der Waals surface area contributed by atoms with Gasteiger partial charge in [0.25, 0.3) is 0 Å². The van der Waals surface area contributed by atoms with Gasteiger partial charge in [0.05, 0.1) is 165 Å². The van der Waals surface area contributed by atoms with Crippen LogP contribution in [-0.2, 0) is 56.8 Å². The fourth-order valence-electron chi connectivity index (χ4n) is 6.03. The van der Waals surface area contributed by atoms with Crippen molar-refractivity contribution in [2.45, 2.75) is 0 Å². The second-order valence-electron chi connectivity index (χ2n) is 14.4. The van der Waals surface area contributed by atoms with Gasteiger partial charge in [0.2, 0.25) is 0 Å². The number of hydrogen-bond donors (Lipinski definition) is 4. The number of rotatable bonds is 0. The molecular weight excluding hydrogens is 2080 g/mol. The Morgan fingerprint density at radius 2 is 0.279 bits per heavy atom. The molecule has 0 radical (unpaired) electrons.